The van der Waals surface area contributed by atoms with Gasteiger partial charge in [0, 0.05) is 0 Å². The Hall–Kier alpha value is -3.94. The van der Waals surface area contributed by atoms with Gasteiger partial charge in [-0.05, 0) is 41.5 Å². The van der Waals surface area contributed by atoms with Gasteiger partial charge >= 0.3 is 12.0 Å². The van der Waals surface area contributed by atoms with Crippen LogP contribution in [-0.2, 0) is 20.9 Å². The number of esters is 1. The van der Waals surface area contributed by atoms with Crippen LogP contribution in [0.1, 0.15) is 21.5 Å². The molecule has 0 aromatic heterocycles. The van der Waals surface area contributed by atoms with Crippen LogP contribution in [0.3, 0.4) is 0 Å². The summed E-state index contributed by atoms with van der Waals surface area (Å²) in [4.78, 5) is 44.9. The Morgan fingerprint density at radius 1 is 1.11 bits per heavy atom. The summed E-state index contributed by atoms with van der Waals surface area (Å²) in [6.07, 6.45) is 1.64. The Balaban J connectivity index is 2.07. The Bertz CT molecular complexity index is 919. The van der Waals surface area contributed by atoms with Crippen LogP contribution in [0.2, 0.25) is 0 Å². The number of methoxy groups -OCH3 is 1. The molecule has 0 bridgehead atoms. The van der Waals surface area contributed by atoms with Crippen molar-refractivity contribution in [3.8, 4) is 5.75 Å². The second-order valence-electron chi connectivity index (χ2n) is 5.59. The van der Waals surface area contributed by atoms with Crippen molar-refractivity contribution in [2.24, 2.45) is 5.73 Å². The maximum Gasteiger partial charge on any atom is 0.337 e. The number of primary amides is 1. The zero-order chi connectivity index (χ0) is 20.5. The van der Waals surface area contributed by atoms with E-state index in [0.717, 1.165) is 5.56 Å². The lowest BCUT2D eigenvalue weighted by atomic mass is 10.1. The SMILES string of the molecule is COC(=O)c1ccc(COc2cccc(/C=C(/C=O)C(=O)NC(N)=O)c2)cc1. The molecule has 3 amide bonds. The van der Waals surface area contributed by atoms with Crippen molar-refractivity contribution in [1.82, 2.24) is 5.32 Å². The third kappa shape index (κ3) is 5.80. The molecule has 144 valence electrons. The molecule has 0 heterocycles. The molecule has 2 aromatic carbocycles. The van der Waals surface area contributed by atoms with Crippen molar-refractivity contribution in [1.29, 1.82) is 0 Å². The smallest absolute Gasteiger partial charge is 0.337 e. The third-order valence-electron chi connectivity index (χ3n) is 3.59. The molecule has 0 unspecified atom stereocenters. The first-order chi connectivity index (χ1) is 13.4. The van der Waals surface area contributed by atoms with E-state index in [-0.39, 0.29) is 12.2 Å². The molecule has 2 rings (SSSR count). The molecule has 0 aliphatic heterocycles. The lowest BCUT2D eigenvalue weighted by Crippen LogP contribution is -2.36. The van der Waals surface area contributed by atoms with E-state index in [1.807, 2.05) is 5.32 Å². The van der Waals surface area contributed by atoms with Gasteiger partial charge in [0.25, 0.3) is 5.91 Å². The highest BCUT2D eigenvalue weighted by Gasteiger charge is 2.11. The monoisotopic (exact) mass is 382 g/mol. The molecule has 0 fully saturated rings. The van der Waals surface area contributed by atoms with E-state index in [0.29, 0.717) is 23.2 Å². The van der Waals surface area contributed by atoms with Crippen molar-refractivity contribution >= 4 is 30.3 Å². The van der Waals surface area contributed by atoms with Crippen molar-refractivity contribution in [2.45, 2.75) is 6.61 Å². The van der Waals surface area contributed by atoms with Crippen molar-refractivity contribution in [3.63, 3.8) is 0 Å². The first kappa shape index (κ1) is 20.4. The number of carbonyl (C=O) groups is 4. The molecule has 8 nitrogen and oxygen atoms in total. The first-order valence-electron chi connectivity index (χ1n) is 8.10. The van der Waals surface area contributed by atoms with Crippen LogP contribution < -0.4 is 15.8 Å². The number of hydrogen-bond donors (Lipinski definition) is 2. The molecule has 0 aliphatic rings. The van der Waals surface area contributed by atoms with Gasteiger partial charge in [-0.15, -0.1) is 0 Å². The molecule has 0 spiro atoms. The molecule has 0 aliphatic carbocycles. The van der Waals surface area contributed by atoms with Gasteiger partial charge in [0.2, 0.25) is 0 Å². The van der Waals surface area contributed by atoms with Crippen LogP contribution in [0.15, 0.2) is 54.1 Å². The van der Waals surface area contributed by atoms with Crippen LogP contribution in [-0.4, -0.2) is 31.3 Å². The maximum atomic E-state index is 11.7. The number of carbonyl (C=O) groups excluding carboxylic acids is 4. The fourth-order valence-corrected chi connectivity index (χ4v) is 2.23. The third-order valence-corrected chi connectivity index (χ3v) is 3.59. The van der Waals surface area contributed by atoms with Crippen LogP contribution in [0.4, 0.5) is 4.79 Å². The average molecular weight is 382 g/mol. The van der Waals surface area contributed by atoms with E-state index in [9.17, 15) is 19.2 Å². The number of nitrogens with two attached hydrogens (primary N) is 1. The molecule has 8 heteroatoms. The minimum Gasteiger partial charge on any atom is -0.489 e. The van der Waals surface area contributed by atoms with Gasteiger partial charge in [-0.2, -0.15) is 0 Å². The Labute approximate surface area is 160 Å². The van der Waals surface area contributed by atoms with Crippen LogP contribution >= 0.6 is 0 Å². The van der Waals surface area contributed by atoms with Crippen LogP contribution in [0.25, 0.3) is 6.08 Å². The number of benzene rings is 2. The minimum absolute atomic E-state index is 0.247. The number of nitrogens with one attached hydrogen (secondary N) is 1. The minimum atomic E-state index is -1.05. The summed E-state index contributed by atoms with van der Waals surface area (Å²) < 4.78 is 10.3. The molecular formula is C20H18N2O6. The van der Waals surface area contributed by atoms with Gasteiger partial charge in [-0.1, -0.05) is 24.3 Å². The first-order valence-corrected chi connectivity index (χ1v) is 8.10. The Morgan fingerprint density at radius 2 is 1.82 bits per heavy atom. The molecule has 28 heavy (non-hydrogen) atoms. The quantitative estimate of drug-likeness (QED) is 0.247. The van der Waals surface area contributed by atoms with E-state index in [1.165, 1.54) is 13.2 Å². The summed E-state index contributed by atoms with van der Waals surface area (Å²) in [5, 5.41) is 1.83. The average Bonchev–Trinajstić information content (AvgIpc) is 2.70. The summed E-state index contributed by atoms with van der Waals surface area (Å²) in [6, 6.07) is 12.4. The van der Waals surface area contributed by atoms with E-state index >= 15 is 0 Å². The number of amides is 3. The fraction of sp³-hybridized carbons (Fsp3) is 0.100. The van der Waals surface area contributed by atoms with Gasteiger partial charge in [0.1, 0.15) is 12.4 Å². The van der Waals surface area contributed by atoms with Crippen LogP contribution in [0.5, 0.6) is 5.75 Å². The zero-order valence-electron chi connectivity index (χ0n) is 15.0. The zero-order valence-corrected chi connectivity index (χ0v) is 15.0. The molecule has 0 saturated carbocycles. The van der Waals surface area contributed by atoms with Gasteiger partial charge in [-0.25, -0.2) is 9.59 Å². The summed E-state index contributed by atoms with van der Waals surface area (Å²) in [5.41, 5.74) is 6.42. The highest BCUT2D eigenvalue weighted by Crippen LogP contribution is 2.17. The summed E-state index contributed by atoms with van der Waals surface area (Å²) in [7, 11) is 1.31. The molecule has 0 saturated heterocycles. The molecule has 3 N–H and O–H groups in total. The van der Waals surface area contributed by atoms with Gasteiger partial charge < -0.3 is 15.2 Å². The largest absolute Gasteiger partial charge is 0.489 e. The number of rotatable bonds is 7. The van der Waals surface area contributed by atoms with Crippen molar-refractivity contribution in [3.05, 3.63) is 70.8 Å². The second kappa shape index (κ2) is 9.67. The number of ether oxygens (including phenoxy) is 2. The highest BCUT2D eigenvalue weighted by atomic mass is 16.5. The van der Waals surface area contributed by atoms with Crippen LogP contribution in [0, 0.1) is 0 Å². The van der Waals surface area contributed by atoms with E-state index in [2.05, 4.69) is 4.74 Å². The Morgan fingerprint density at radius 3 is 2.43 bits per heavy atom. The number of aldehydes is 1. The normalized spacial score (nSPS) is 10.7. The summed E-state index contributed by atoms with van der Waals surface area (Å²) in [5.74, 6) is -0.802. The van der Waals surface area contributed by atoms with Gasteiger partial charge in [-0.3, -0.25) is 14.9 Å². The maximum absolute atomic E-state index is 11.7. The second-order valence-corrected chi connectivity index (χ2v) is 5.59. The number of imide groups is 1. The van der Waals surface area contributed by atoms with E-state index in [4.69, 9.17) is 10.5 Å². The van der Waals surface area contributed by atoms with Gasteiger partial charge in [0.05, 0.1) is 18.2 Å². The predicted octanol–water partition coefficient (Wildman–Crippen LogP) is 1.83. The summed E-state index contributed by atoms with van der Waals surface area (Å²) in [6.45, 7) is 0.247. The topological polar surface area (TPSA) is 125 Å². The highest BCUT2D eigenvalue weighted by molar-refractivity contribution is 6.18. The van der Waals surface area contributed by atoms with E-state index in [1.54, 1.807) is 48.5 Å². The van der Waals surface area contributed by atoms with Crippen molar-refractivity contribution in [2.75, 3.05) is 7.11 Å². The lowest BCUT2D eigenvalue weighted by molar-refractivity contribution is -0.118. The summed E-state index contributed by atoms with van der Waals surface area (Å²) >= 11 is 0. The van der Waals surface area contributed by atoms with Gasteiger partial charge in [0.15, 0.2) is 6.29 Å². The van der Waals surface area contributed by atoms with E-state index < -0.39 is 17.9 Å². The number of urea groups is 1. The predicted molar refractivity (Wildman–Crippen MR) is 100 cm³/mol. The lowest BCUT2D eigenvalue weighted by Gasteiger charge is -2.08. The number of hydrogen-bond acceptors (Lipinski definition) is 6. The fourth-order valence-electron chi connectivity index (χ4n) is 2.23. The van der Waals surface area contributed by atoms with Crippen molar-refractivity contribution < 1.29 is 28.7 Å². The molecule has 2 aromatic rings. The Kier molecular flexibility index (Phi) is 7.04. The molecule has 0 atom stereocenters. The molecular weight excluding hydrogens is 364 g/mol. The molecule has 0 radical (unpaired) electrons. The standard InChI is InChI=1S/C20H18N2O6/c1-27-19(25)15-7-5-13(6-8-15)12-28-17-4-2-3-14(10-17)9-16(11-23)18(24)22-20(21)26/h2-11H,12H2,1H3,(H3,21,22,24,26)/b16-9-.